The second kappa shape index (κ2) is 6.22. The molecule has 0 saturated carbocycles. The maximum Gasteiger partial charge on any atom is 0.453 e. The molecule has 0 radical (unpaired) electrons. The largest absolute Gasteiger partial charge is 0.453 e. The number of hydrogen-bond acceptors (Lipinski definition) is 5. The maximum absolute atomic E-state index is 13.0. The first kappa shape index (κ1) is 18.1. The van der Waals surface area contributed by atoms with Crippen LogP contribution in [0.15, 0.2) is 6.07 Å². The number of rotatable bonds is 3. The molecule has 0 N–H and O–H groups in total. The third-order valence-electron chi connectivity index (χ3n) is 4.80. The molecule has 0 spiro atoms. The molecule has 2 aromatic heterocycles. The van der Waals surface area contributed by atoms with Gasteiger partial charge in [-0.25, -0.2) is 4.98 Å². The zero-order valence-corrected chi connectivity index (χ0v) is 15.1. The number of anilines is 1. The van der Waals surface area contributed by atoms with Crippen molar-refractivity contribution in [1.29, 1.82) is 0 Å². The SMILES string of the molecule is CCC1(CC)CN(c2cc(C)nc3nc(C(F)(F)F)nn23)CCS1=O. The van der Waals surface area contributed by atoms with Crippen LogP contribution >= 0.6 is 0 Å². The molecule has 3 heterocycles. The summed E-state index contributed by atoms with van der Waals surface area (Å²) < 4.78 is 52.2. The summed E-state index contributed by atoms with van der Waals surface area (Å²) in [5.74, 6) is -0.295. The fourth-order valence-corrected chi connectivity index (χ4v) is 4.98. The maximum atomic E-state index is 13.0. The molecule has 10 heteroatoms. The Balaban J connectivity index is 2.09. The van der Waals surface area contributed by atoms with Gasteiger partial charge in [0, 0.05) is 41.4 Å². The number of aromatic nitrogens is 4. The lowest BCUT2D eigenvalue weighted by atomic mass is 10.0. The van der Waals surface area contributed by atoms with Crippen LogP contribution in [0.25, 0.3) is 5.78 Å². The predicted molar refractivity (Wildman–Crippen MR) is 89.1 cm³/mol. The first-order chi connectivity index (χ1) is 11.7. The van der Waals surface area contributed by atoms with Gasteiger partial charge in [0.2, 0.25) is 0 Å². The number of fused-ring (bicyclic) bond motifs is 1. The van der Waals surface area contributed by atoms with Gasteiger partial charge in [-0.1, -0.05) is 13.8 Å². The Morgan fingerprint density at radius 3 is 2.56 bits per heavy atom. The number of hydrogen-bond donors (Lipinski definition) is 0. The fourth-order valence-electron chi connectivity index (χ4n) is 3.21. The zero-order chi connectivity index (χ0) is 18.4. The van der Waals surface area contributed by atoms with E-state index in [1.165, 1.54) is 0 Å². The van der Waals surface area contributed by atoms with Crippen LogP contribution in [0.3, 0.4) is 0 Å². The molecule has 1 fully saturated rings. The highest BCUT2D eigenvalue weighted by Crippen LogP contribution is 2.32. The Kier molecular flexibility index (Phi) is 4.50. The average molecular weight is 375 g/mol. The van der Waals surface area contributed by atoms with E-state index in [9.17, 15) is 17.4 Å². The highest BCUT2D eigenvalue weighted by Gasteiger charge is 2.40. The Labute approximate surface area is 145 Å². The van der Waals surface area contributed by atoms with Gasteiger partial charge < -0.3 is 4.90 Å². The predicted octanol–water partition coefficient (Wildman–Crippen LogP) is 2.58. The topological polar surface area (TPSA) is 63.4 Å². The Morgan fingerprint density at radius 2 is 1.96 bits per heavy atom. The summed E-state index contributed by atoms with van der Waals surface area (Å²) in [4.78, 5) is 9.53. The van der Waals surface area contributed by atoms with Gasteiger partial charge in [-0.3, -0.25) is 4.21 Å². The molecular weight excluding hydrogens is 355 g/mol. The van der Waals surface area contributed by atoms with E-state index in [0.717, 1.165) is 17.4 Å². The van der Waals surface area contributed by atoms with Crippen LogP contribution in [-0.2, 0) is 17.0 Å². The molecule has 6 nitrogen and oxygen atoms in total. The van der Waals surface area contributed by atoms with Crippen LogP contribution < -0.4 is 4.90 Å². The molecule has 0 amide bonds. The molecule has 0 aliphatic carbocycles. The fraction of sp³-hybridized carbons (Fsp3) is 0.667. The van der Waals surface area contributed by atoms with Gasteiger partial charge in [0.25, 0.3) is 11.6 Å². The van der Waals surface area contributed by atoms with Crippen LogP contribution in [0.4, 0.5) is 19.0 Å². The standard InChI is InChI=1S/C15H20F3N5OS/c1-4-14(5-2)9-22(6-7-25(14)24)11-8-10(3)19-13-20-12(15(16,17)18)21-23(11)13/h8H,4-7,9H2,1-3H3. The lowest BCUT2D eigenvalue weighted by Gasteiger charge is -2.42. The number of aryl methyl sites for hydroxylation is 1. The molecule has 25 heavy (non-hydrogen) atoms. The van der Waals surface area contributed by atoms with Crippen LogP contribution in [-0.4, -0.2) is 47.4 Å². The van der Waals surface area contributed by atoms with E-state index in [-0.39, 0.29) is 10.5 Å². The van der Waals surface area contributed by atoms with Crippen molar-refractivity contribution in [2.75, 3.05) is 23.7 Å². The summed E-state index contributed by atoms with van der Waals surface area (Å²) in [5, 5.41) is 3.62. The Hall–Kier alpha value is -1.71. The second-order valence-electron chi connectivity index (χ2n) is 6.26. The number of halogens is 3. The van der Waals surface area contributed by atoms with Gasteiger partial charge in [-0.15, -0.1) is 5.10 Å². The van der Waals surface area contributed by atoms with E-state index in [0.29, 0.717) is 30.4 Å². The third-order valence-corrected chi connectivity index (χ3v) is 7.02. The zero-order valence-electron chi connectivity index (χ0n) is 14.3. The van der Waals surface area contributed by atoms with Crippen molar-refractivity contribution in [3.05, 3.63) is 17.6 Å². The van der Waals surface area contributed by atoms with E-state index in [2.05, 4.69) is 15.1 Å². The Morgan fingerprint density at radius 1 is 1.28 bits per heavy atom. The first-order valence-electron chi connectivity index (χ1n) is 8.15. The highest BCUT2D eigenvalue weighted by molar-refractivity contribution is 7.86. The quantitative estimate of drug-likeness (QED) is 0.825. The second-order valence-corrected chi connectivity index (χ2v) is 8.23. The molecular formula is C15H20F3N5OS. The van der Waals surface area contributed by atoms with Crippen LogP contribution in [0.5, 0.6) is 0 Å². The lowest BCUT2D eigenvalue weighted by molar-refractivity contribution is -0.144. The summed E-state index contributed by atoms with van der Waals surface area (Å²) in [6, 6.07) is 1.70. The summed E-state index contributed by atoms with van der Waals surface area (Å²) in [6.45, 7) is 6.70. The summed E-state index contributed by atoms with van der Waals surface area (Å²) in [5.41, 5.74) is 0.564. The van der Waals surface area contributed by atoms with Gasteiger partial charge in [-0.2, -0.15) is 22.7 Å². The monoisotopic (exact) mass is 375 g/mol. The molecule has 138 valence electrons. The minimum Gasteiger partial charge on any atom is -0.354 e. The van der Waals surface area contributed by atoms with Crippen molar-refractivity contribution in [3.63, 3.8) is 0 Å². The molecule has 1 aliphatic heterocycles. The normalized spacial score (nSPS) is 21.0. The molecule has 1 atom stereocenters. The van der Waals surface area contributed by atoms with Crippen molar-refractivity contribution in [2.45, 2.75) is 44.5 Å². The van der Waals surface area contributed by atoms with Crippen molar-refractivity contribution < 1.29 is 17.4 Å². The number of nitrogens with zero attached hydrogens (tertiary/aromatic N) is 5. The van der Waals surface area contributed by atoms with Crippen LogP contribution in [0.2, 0.25) is 0 Å². The molecule has 3 rings (SSSR count). The minimum absolute atomic E-state index is 0.0763. The summed E-state index contributed by atoms with van der Waals surface area (Å²) in [6.07, 6.45) is -3.14. The Bertz CT molecular complexity index is 815. The lowest BCUT2D eigenvalue weighted by Crippen LogP contribution is -2.53. The van der Waals surface area contributed by atoms with Gasteiger partial charge in [0.1, 0.15) is 5.82 Å². The van der Waals surface area contributed by atoms with E-state index < -0.39 is 22.8 Å². The smallest absolute Gasteiger partial charge is 0.354 e. The van der Waals surface area contributed by atoms with Gasteiger partial charge in [-0.05, 0) is 19.8 Å². The van der Waals surface area contributed by atoms with E-state index in [1.54, 1.807) is 13.0 Å². The third kappa shape index (κ3) is 3.11. The van der Waals surface area contributed by atoms with E-state index in [4.69, 9.17) is 0 Å². The molecule has 0 bridgehead atoms. The van der Waals surface area contributed by atoms with E-state index in [1.807, 2.05) is 18.7 Å². The molecule has 0 aromatic carbocycles. The first-order valence-corrected chi connectivity index (χ1v) is 9.47. The molecule has 1 aliphatic rings. The van der Waals surface area contributed by atoms with Gasteiger partial charge in [0.05, 0.1) is 4.75 Å². The van der Waals surface area contributed by atoms with Crippen molar-refractivity contribution in [3.8, 4) is 0 Å². The van der Waals surface area contributed by atoms with Gasteiger partial charge >= 0.3 is 6.18 Å². The molecule has 2 aromatic rings. The van der Waals surface area contributed by atoms with Gasteiger partial charge in [0.15, 0.2) is 0 Å². The van der Waals surface area contributed by atoms with Crippen molar-refractivity contribution >= 4 is 22.4 Å². The highest BCUT2D eigenvalue weighted by atomic mass is 32.2. The average Bonchev–Trinajstić information content (AvgIpc) is 2.99. The van der Waals surface area contributed by atoms with Crippen molar-refractivity contribution in [2.24, 2.45) is 0 Å². The number of alkyl halides is 3. The van der Waals surface area contributed by atoms with Crippen molar-refractivity contribution in [1.82, 2.24) is 19.6 Å². The van der Waals surface area contributed by atoms with Crippen LogP contribution in [0, 0.1) is 6.92 Å². The molecule has 1 saturated heterocycles. The molecule has 1 unspecified atom stereocenters. The summed E-state index contributed by atoms with van der Waals surface area (Å²) in [7, 11) is -0.962. The van der Waals surface area contributed by atoms with E-state index >= 15 is 0 Å². The van der Waals surface area contributed by atoms with Crippen LogP contribution in [0.1, 0.15) is 38.2 Å². The summed E-state index contributed by atoms with van der Waals surface area (Å²) >= 11 is 0. The minimum atomic E-state index is -4.63.